The number of ether oxygens (including phenoxy) is 1. The first-order chi connectivity index (χ1) is 8.69. The number of urea groups is 1. The number of anilines is 1. The molecule has 7 nitrogen and oxygen atoms in total. The van der Waals surface area contributed by atoms with E-state index in [0.717, 1.165) is 0 Å². The molecule has 0 fully saturated rings. The van der Waals surface area contributed by atoms with Gasteiger partial charge in [0, 0.05) is 18.3 Å². The monoisotopic (exact) mass is 247 g/mol. The number of nitrogens with two attached hydrogens (primary N) is 1. The Bertz CT molecular complexity index is 552. The maximum atomic E-state index is 10.7. The highest BCUT2D eigenvalue weighted by Gasteiger charge is 2.06. The quantitative estimate of drug-likeness (QED) is 0.857. The predicted octanol–water partition coefficient (Wildman–Crippen LogP) is 1.58. The van der Waals surface area contributed by atoms with E-state index in [1.165, 1.54) is 0 Å². The van der Waals surface area contributed by atoms with Crippen molar-refractivity contribution in [3.05, 3.63) is 30.6 Å². The maximum absolute atomic E-state index is 10.7. The number of primary amides is 1. The molecule has 0 aliphatic rings. The van der Waals surface area contributed by atoms with Gasteiger partial charge in [0.15, 0.2) is 0 Å². The topological polar surface area (TPSA) is 95.1 Å². The first-order valence-corrected chi connectivity index (χ1v) is 5.41. The van der Waals surface area contributed by atoms with Crippen LogP contribution in [0.15, 0.2) is 30.6 Å². The second-order valence-corrected chi connectivity index (χ2v) is 3.52. The third kappa shape index (κ3) is 2.76. The van der Waals surface area contributed by atoms with Gasteiger partial charge in [0.25, 0.3) is 0 Å². The van der Waals surface area contributed by atoms with Crippen molar-refractivity contribution in [2.75, 3.05) is 5.32 Å². The molecular weight excluding hydrogens is 234 g/mol. The van der Waals surface area contributed by atoms with Gasteiger partial charge < -0.3 is 15.8 Å². The predicted molar refractivity (Wildman–Crippen MR) is 65.4 cm³/mol. The SMILES string of the molecule is CCn1cnnc1Oc1cccc(NC(N)=O)c1. The lowest BCUT2D eigenvalue weighted by atomic mass is 10.3. The van der Waals surface area contributed by atoms with E-state index in [2.05, 4.69) is 15.5 Å². The van der Waals surface area contributed by atoms with E-state index in [-0.39, 0.29) is 0 Å². The summed E-state index contributed by atoms with van der Waals surface area (Å²) in [7, 11) is 0. The van der Waals surface area contributed by atoms with E-state index in [4.69, 9.17) is 10.5 Å². The van der Waals surface area contributed by atoms with Crippen molar-refractivity contribution in [2.24, 2.45) is 5.73 Å². The summed E-state index contributed by atoms with van der Waals surface area (Å²) in [6, 6.07) is 6.63. The molecule has 94 valence electrons. The fourth-order valence-electron chi connectivity index (χ4n) is 1.43. The van der Waals surface area contributed by atoms with Crippen molar-refractivity contribution in [3.8, 4) is 11.8 Å². The van der Waals surface area contributed by atoms with Gasteiger partial charge >= 0.3 is 12.0 Å². The van der Waals surface area contributed by atoms with E-state index >= 15 is 0 Å². The Hall–Kier alpha value is -2.57. The van der Waals surface area contributed by atoms with Crippen molar-refractivity contribution < 1.29 is 9.53 Å². The Morgan fingerprint density at radius 1 is 1.56 bits per heavy atom. The summed E-state index contributed by atoms with van der Waals surface area (Å²) in [4.78, 5) is 10.7. The number of carbonyl (C=O) groups is 1. The molecule has 1 aromatic carbocycles. The third-order valence-corrected chi connectivity index (χ3v) is 2.23. The molecule has 0 aliphatic heterocycles. The van der Waals surface area contributed by atoms with Crippen LogP contribution in [0.2, 0.25) is 0 Å². The van der Waals surface area contributed by atoms with Gasteiger partial charge in [0.05, 0.1) is 0 Å². The lowest BCUT2D eigenvalue weighted by Crippen LogP contribution is -2.19. The number of aryl methyl sites for hydroxylation is 1. The number of hydrogen-bond acceptors (Lipinski definition) is 4. The molecule has 18 heavy (non-hydrogen) atoms. The van der Waals surface area contributed by atoms with Crippen LogP contribution < -0.4 is 15.8 Å². The second kappa shape index (κ2) is 5.17. The van der Waals surface area contributed by atoms with Gasteiger partial charge in [-0.25, -0.2) is 4.79 Å². The summed E-state index contributed by atoms with van der Waals surface area (Å²) in [6.07, 6.45) is 1.58. The number of carbonyl (C=O) groups excluding carboxylic acids is 1. The molecule has 2 rings (SSSR count). The van der Waals surface area contributed by atoms with Crippen molar-refractivity contribution in [3.63, 3.8) is 0 Å². The summed E-state index contributed by atoms with van der Waals surface area (Å²) in [5, 5.41) is 10.1. The fraction of sp³-hybridized carbons (Fsp3) is 0.182. The van der Waals surface area contributed by atoms with Crippen LogP contribution in [0.4, 0.5) is 10.5 Å². The van der Waals surface area contributed by atoms with Crippen molar-refractivity contribution in [2.45, 2.75) is 13.5 Å². The minimum atomic E-state index is -0.621. The fourth-order valence-corrected chi connectivity index (χ4v) is 1.43. The van der Waals surface area contributed by atoms with Crippen molar-refractivity contribution in [1.29, 1.82) is 0 Å². The van der Waals surface area contributed by atoms with Crippen LogP contribution in [0.1, 0.15) is 6.92 Å². The number of rotatable bonds is 4. The lowest BCUT2D eigenvalue weighted by molar-refractivity contribution is 0.259. The highest BCUT2D eigenvalue weighted by Crippen LogP contribution is 2.22. The highest BCUT2D eigenvalue weighted by atomic mass is 16.5. The summed E-state index contributed by atoms with van der Waals surface area (Å²) in [5.74, 6) is 0.545. The summed E-state index contributed by atoms with van der Waals surface area (Å²) < 4.78 is 7.32. The number of nitrogens with one attached hydrogen (secondary N) is 1. The zero-order valence-corrected chi connectivity index (χ0v) is 9.83. The zero-order valence-electron chi connectivity index (χ0n) is 9.83. The molecule has 7 heteroatoms. The molecule has 2 amide bonds. The molecule has 0 aliphatic carbocycles. The van der Waals surface area contributed by atoms with Crippen LogP contribution in [0, 0.1) is 0 Å². The van der Waals surface area contributed by atoms with Crippen molar-refractivity contribution in [1.82, 2.24) is 14.8 Å². The molecule has 0 atom stereocenters. The van der Waals surface area contributed by atoms with Gasteiger partial charge in [-0.2, -0.15) is 0 Å². The van der Waals surface area contributed by atoms with Crippen LogP contribution in [0.3, 0.4) is 0 Å². The van der Waals surface area contributed by atoms with Crippen LogP contribution in [0.5, 0.6) is 11.8 Å². The van der Waals surface area contributed by atoms with Gasteiger partial charge in [-0.05, 0) is 19.1 Å². The van der Waals surface area contributed by atoms with Gasteiger partial charge in [-0.1, -0.05) is 11.2 Å². The zero-order chi connectivity index (χ0) is 13.0. The molecule has 1 heterocycles. The van der Waals surface area contributed by atoms with E-state index in [0.29, 0.717) is 24.0 Å². The lowest BCUT2D eigenvalue weighted by Gasteiger charge is -2.07. The average molecular weight is 247 g/mol. The molecular formula is C11H13N5O2. The summed E-state index contributed by atoms with van der Waals surface area (Å²) >= 11 is 0. The molecule has 1 aromatic heterocycles. The molecule has 0 spiro atoms. The van der Waals surface area contributed by atoms with Gasteiger partial charge in [0.2, 0.25) is 0 Å². The minimum Gasteiger partial charge on any atom is -0.424 e. The minimum absolute atomic E-state index is 0.397. The molecule has 0 unspecified atom stereocenters. The van der Waals surface area contributed by atoms with E-state index < -0.39 is 6.03 Å². The average Bonchev–Trinajstić information content (AvgIpc) is 2.76. The molecule has 0 saturated carbocycles. The molecule has 3 N–H and O–H groups in total. The Kier molecular flexibility index (Phi) is 3.42. The smallest absolute Gasteiger partial charge is 0.322 e. The van der Waals surface area contributed by atoms with Crippen molar-refractivity contribution >= 4 is 11.7 Å². The number of nitrogens with zero attached hydrogens (tertiary/aromatic N) is 3. The van der Waals surface area contributed by atoms with Crippen LogP contribution in [0.25, 0.3) is 0 Å². The summed E-state index contributed by atoms with van der Waals surface area (Å²) in [5.41, 5.74) is 5.60. The molecule has 0 radical (unpaired) electrons. The Balaban J connectivity index is 2.16. The summed E-state index contributed by atoms with van der Waals surface area (Å²) in [6.45, 7) is 2.67. The Morgan fingerprint density at radius 3 is 3.11 bits per heavy atom. The van der Waals surface area contributed by atoms with Crippen LogP contribution >= 0.6 is 0 Å². The Labute approximate surface area is 104 Å². The second-order valence-electron chi connectivity index (χ2n) is 3.52. The van der Waals surface area contributed by atoms with E-state index in [1.807, 2.05) is 6.92 Å². The Morgan fingerprint density at radius 2 is 2.39 bits per heavy atom. The maximum Gasteiger partial charge on any atom is 0.322 e. The van der Waals surface area contributed by atoms with Crippen LogP contribution in [-0.2, 0) is 6.54 Å². The first kappa shape index (κ1) is 11.9. The normalized spacial score (nSPS) is 10.1. The van der Waals surface area contributed by atoms with Gasteiger partial charge in [-0.15, -0.1) is 5.10 Å². The third-order valence-electron chi connectivity index (χ3n) is 2.23. The molecule has 2 aromatic rings. The van der Waals surface area contributed by atoms with Gasteiger partial charge in [-0.3, -0.25) is 4.57 Å². The highest BCUT2D eigenvalue weighted by molar-refractivity contribution is 5.87. The number of hydrogen-bond donors (Lipinski definition) is 2. The molecule has 0 saturated heterocycles. The number of amides is 2. The number of aromatic nitrogens is 3. The molecule has 0 bridgehead atoms. The largest absolute Gasteiger partial charge is 0.424 e. The van der Waals surface area contributed by atoms with Gasteiger partial charge in [0.1, 0.15) is 12.1 Å². The first-order valence-electron chi connectivity index (χ1n) is 5.41. The van der Waals surface area contributed by atoms with E-state index in [9.17, 15) is 4.79 Å². The van der Waals surface area contributed by atoms with Crippen LogP contribution in [-0.4, -0.2) is 20.8 Å². The number of benzene rings is 1. The van der Waals surface area contributed by atoms with E-state index in [1.54, 1.807) is 35.2 Å². The standard InChI is InChI=1S/C11H13N5O2/c1-2-16-7-13-15-11(16)18-9-5-3-4-8(6-9)14-10(12)17/h3-7H,2H2,1H3,(H3,12,14,17).